The third kappa shape index (κ3) is 9.27. The highest BCUT2D eigenvalue weighted by Gasteiger charge is 2.30. The van der Waals surface area contributed by atoms with Gasteiger partial charge < -0.3 is 25.2 Å². The Hall–Kier alpha value is -0.770. The van der Waals surface area contributed by atoms with E-state index in [0.717, 1.165) is 57.7 Å². The van der Waals surface area contributed by atoms with Gasteiger partial charge in [0.15, 0.2) is 5.96 Å². The average molecular weight is 524 g/mol. The third-order valence-corrected chi connectivity index (χ3v) is 5.45. The summed E-state index contributed by atoms with van der Waals surface area (Å²) in [6, 6.07) is 0.612. The Labute approximate surface area is 194 Å². The summed E-state index contributed by atoms with van der Waals surface area (Å²) in [6.07, 6.45) is 6.50. The SMILES string of the molecule is CCCN1CCC(NC(=NC)NCC2CCCCN2C(=O)OC(C)(C)C)CC1.I. The molecule has 0 aromatic heterocycles. The average Bonchev–Trinajstić information content (AvgIpc) is 2.65. The first-order valence-electron chi connectivity index (χ1n) is 11.0. The molecule has 0 spiro atoms. The number of carbonyl (C=O) groups excluding carboxylic acids is 1. The molecule has 2 aliphatic heterocycles. The van der Waals surface area contributed by atoms with Crippen LogP contribution in [0.25, 0.3) is 0 Å². The molecular weight excluding hydrogens is 481 g/mol. The number of piperidine rings is 2. The molecule has 2 saturated heterocycles. The maximum Gasteiger partial charge on any atom is 0.410 e. The lowest BCUT2D eigenvalue weighted by molar-refractivity contribution is 0.0104. The van der Waals surface area contributed by atoms with Gasteiger partial charge in [0.2, 0.25) is 0 Å². The fourth-order valence-corrected chi connectivity index (χ4v) is 3.99. The number of guanidine groups is 1. The number of hydrogen-bond donors (Lipinski definition) is 2. The molecule has 0 aromatic carbocycles. The maximum atomic E-state index is 12.6. The molecule has 0 saturated carbocycles. The van der Waals surface area contributed by atoms with Crippen molar-refractivity contribution in [2.24, 2.45) is 4.99 Å². The summed E-state index contributed by atoms with van der Waals surface area (Å²) >= 11 is 0. The van der Waals surface area contributed by atoms with Crippen LogP contribution >= 0.6 is 24.0 Å². The van der Waals surface area contributed by atoms with E-state index in [4.69, 9.17) is 4.74 Å². The van der Waals surface area contributed by atoms with E-state index in [0.29, 0.717) is 12.6 Å². The van der Waals surface area contributed by atoms with Crippen LogP contribution in [0.15, 0.2) is 4.99 Å². The third-order valence-electron chi connectivity index (χ3n) is 5.45. The molecular formula is C21H42IN5O2. The van der Waals surface area contributed by atoms with E-state index in [1.165, 1.54) is 13.0 Å². The largest absolute Gasteiger partial charge is 0.444 e. The summed E-state index contributed by atoms with van der Waals surface area (Å²) < 4.78 is 5.60. The number of hydrogen-bond acceptors (Lipinski definition) is 4. The van der Waals surface area contributed by atoms with E-state index in [1.807, 2.05) is 32.7 Å². The van der Waals surface area contributed by atoms with Gasteiger partial charge >= 0.3 is 6.09 Å². The van der Waals surface area contributed by atoms with Gasteiger partial charge in [-0.15, -0.1) is 24.0 Å². The van der Waals surface area contributed by atoms with E-state index in [-0.39, 0.29) is 36.1 Å². The van der Waals surface area contributed by atoms with Crippen molar-refractivity contribution in [2.75, 3.05) is 39.8 Å². The molecule has 2 rings (SSSR count). The topological polar surface area (TPSA) is 69.2 Å². The molecule has 29 heavy (non-hydrogen) atoms. The molecule has 2 aliphatic rings. The van der Waals surface area contributed by atoms with E-state index >= 15 is 0 Å². The number of likely N-dealkylation sites (tertiary alicyclic amines) is 2. The molecule has 2 N–H and O–H groups in total. The fourth-order valence-electron chi connectivity index (χ4n) is 3.99. The first-order chi connectivity index (χ1) is 13.3. The van der Waals surface area contributed by atoms with Crippen molar-refractivity contribution in [3.8, 4) is 0 Å². The predicted molar refractivity (Wildman–Crippen MR) is 130 cm³/mol. The second kappa shape index (κ2) is 12.8. The predicted octanol–water partition coefficient (Wildman–Crippen LogP) is 3.43. The van der Waals surface area contributed by atoms with Gasteiger partial charge in [-0.25, -0.2) is 4.79 Å². The molecule has 2 heterocycles. The van der Waals surface area contributed by atoms with Crippen LogP contribution in [0.2, 0.25) is 0 Å². The van der Waals surface area contributed by atoms with E-state index < -0.39 is 5.60 Å². The molecule has 1 atom stereocenters. The number of amides is 1. The highest BCUT2D eigenvalue weighted by Crippen LogP contribution is 2.20. The molecule has 0 radical (unpaired) electrons. The quantitative estimate of drug-likeness (QED) is 0.329. The summed E-state index contributed by atoms with van der Waals surface area (Å²) in [4.78, 5) is 21.4. The monoisotopic (exact) mass is 523 g/mol. The van der Waals surface area contributed by atoms with E-state index in [1.54, 1.807) is 0 Å². The van der Waals surface area contributed by atoms with E-state index in [9.17, 15) is 4.79 Å². The molecule has 0 bridgehead atoms. The van der Waals surface area contributed by atoms with Gasteiger partial charge in [-0.05, 0) is 65.8 Å². The molecule has 1 unspecified atom stereocenters. The van der Waals surface area contributed by atoms with Crippen molar-refractivity contribution in [3.05, 3.63) is 0 Å². The fraction of sp³-hybridized carbons (Fsp3) is 0.905. The van der Waals surface area contributed by atoms with Gasteiger partial charge in [-0.1, -0.05) is 6.92 Å². The normalized spacial score (nSPS) is 22.0. The van der Waals surface area contributed by atoms with Crippen molar-refractivity contribution < 1.29 is 9.53 Å². The van der Waals surface area contributed by atoms with Gasteiger partial charge in [-0.2, -0.15) is 0 Å². The van der Waals surface area contributed by atoms with Crippen molar-refractivity contribution in [3.63, 3.8) is 0 Å². The highest BCUT2D eigenvalue weighted by atomic mass is 127. The van der Waals surface area contributed by atoms with Crippen LogP contribution in [0.4, 0.5) is 4.79 Å². The summed E-state index contributed by atoms with van der Waals surface area (Å²) in [5.41, 5.74) is -0.462. The number of ether oxygens (including phenoxy) is 1. The Bertz CT molecular complexity index is 516. The Morgan fingerprint density at radius 2 is 1.83 bits per heavy atom. The Kier molecular flexibility index (Phi) is 11.6. The minimum Gasteiger partial charge on any atom is -0.444 e. The van der Waals surface area contributed by atoms with Gasteiger partial charge in [0, 0.05) is 39.3 Å². The lowest BCUT2D eigenvalue weighted by Crippen LogP contribution is -2.54. The van der Waals surface area contributed by atoms with Crippen LogP contribution < -0.4 is 10.6 Å². The molecule has 1 amide bonds. The highest BCUT2D eigenvalue weighted by molar-refractivity contribution is 14.0. The van der Waals surface area contributed by atoms with Crippen LogP contribution in [0.3, 0.4) is 0 Å². The zero-order chi connectivity index (χ0) is 20.6. The molecule has 0 aromatic rings. The summed E-state index contributed by atoms with van der Waals surface area (Å²) in [5.74, 6) is 0.837. The summed E-state index contributed by atoms with van der Waals surface area (Å²) in [7, 11) is 1.81. The van der Waals surface area contributed by atoms with Crippen LogP contribution in [0, 0.1) is 0 Å². The number of halogens is 1. The van der Waals surface area contributed by atoms with Crippen molar-refractivity contribution >= 4 is 36.0 Å². The van der Waals surface area contributed by atoms with Crippen molar-refractivity contribution in [2.45, 2.75) is 83.9 Å². The van der Waals surface area contributed by atoms with Gasteiger partial charge in [0.05, 0.1) is 6.04 Å². The Morgan fingerprint density at radius 1 is 1.14 bits per heavy atom. The van der Waals surface area contributed by atoms with Crippen molar-refractivity contribution in [1.82, 2.24) is 20.4 Å². The smallest absolute Gasteiger partial charge is 0.410 e. The van der Waals surface area contributed by atoms with Crippen LogP contribution in [0.1, 0.15) is 66.2 Å². The number of nitrogens with zero attached hydrogens (tertiary/aromatic N) is 3. The second-order valence-corrected chi connectivity index (χ2v) is 9.04. The maximum absolute atomic E-state index is 12.6. The minimum atomic E-state index is -0.462. The van der Waals surface area contributed by atoms with Gasteiger partial charge in [-0.3, -0.25) is 4.99 Å². The lowest BCUT2D eigenvalue weighted by atomic mass is 10.0. The number of carbonyl (C=O) groups is 1. The minimum absolute atomic E-state index is 0. The standard InChI is InChI=1S/C21H41N5O2.HI/c1-6-12-25-14-10-17(11-15-25)24-19(22-5)23-16-18-9-7-8-13-26(18)20(27)28-21(2,3)4;/h17-18H,6-16H2,1-5H3,(H2,22,23,24);1H. The Morgan fingerprint density at radius 3 is 2.41 bits per heavy atom. The number of nitrogens with one attached hydrogen (secondary N) is 2. The molecule has 7 nitrogen and oxygen atoms in total. The van der Waals surface area contributed by atoms with Crippen LogP contribution in [0.5, 0.6) is 0 Å². The number of rotatable bonds is 5. The molecule has 8 heteroatoms. The Balaban J connectivity index is 0.00000420. The van der Waals surface area contributed by atoms with Gasteiger partial charge in [0.25, 0.3) is 0 Å². The van der Waals surface area contributed by atoms with E-state index in [2.05, 4.69) is 27.4 Å². The molecule has 2 fully saturated rings. The van der Waals surface area contributed by atoms with Crippen LogP contribution in [-0.2, 0) is 4.74 Å². The van der Waals surface area contributed by atoms with Gasteiger partial charge in [0.1, 0.15) is 5.60 Å². The zero-order valence-corrected chi connectivity index (χ0v) is 21.3. The molecule has 0 aliphatic carbocycles. The van der Waals surface area contributed by atoms with Crippen molar-refractivity contribution in [1.29, 1.82) is 0 Å². The lowest BCUT2D eigenvalue weighted by Gasteiger charge is -2.37. The number of aliphatic imine (C=N–C) groups is 1. The second-order valence-electron chi connectivity index (χ2n) is 9.04. The summed E-state index contributed by atoms with van der Waals surface area (Å²) in [5, 5.41) is 7.01. The first-order valence-corrected chi connectivity index (χ1v) is 11.0. The summed E-state index contributed by atoms with van der Waals surface area (Å²) in [6.45, 7) is 13.0. The van der Waals surface area contributed by atoms with Crippen LogP contribution in [-0.4, -0.2) is 79.3 Å². The first kappa shape index (κ1) is 26.3. The zero-order valence-electron chi connectivity index (χ0n) is 19.0. The molecule has 170 valence electrons.